The van der Waals surface area contributed by atoms with Gasteiger partial charge in [0.25, 0.3) is 5.91 Å². The van der Waals surface area contributed by atoms with Crippen LogP contribution in [0.3, 0.4) is 0 Å². The van der Waals surface area contributed by atoms with Crippen molar-refractivity contribution >= 4 is 5.91 Å². The van der Waals surface area contributed by atoms with E-state index in [-0.39, 0.29) is 18.6 Å². The minimum absolute atomic E-state index is 0.0800. The second-order valence-electron chi connectivity index (χ2n) is 6.36. The third-order valence-electron chi connectivity index (χ3n) is 4.08. The molecule has 1 N–H and O–H groups in total. The Morgan fingerprint density at radius 3 is 2.96 bits per heavy atom. The summed E-state index contributed by atoms with van der Waals surface area (Å²) < 4.78 is 12.6. The molecule has 0 spiro atoms. The number of carbonyl (C=O) groups excluding carboxylic acids is 1. The molecule has 1 atom stereocenters. The zero-order valence-corrected chi connectivity index (χ0v) is 14.3. The molecule has 0 unspecified atom stereocenters. The Bertz CT molecular complexity index is 739. The minimum atomic E-state index is -0.0800. The van der Waals surface area contributed by atoms with Crippen LogP contribution in [-0.2, 0) is 17.9 Å². The van der Waals surface area contributed by atoms with Crippen molar-refractivity contribution in [2.24, 2.45) is 5.92 Å². The van der Waals surface area contributed by atoms with Gasteiger partial charge >= 0.3 is 0 Å². The standard InChI is InChI=1S/C18H23N3O3/c1-12(9-21-14(3)6-13(2)20-21)8-19-18(22)15-4-5-17-16(7-15)10-23-11-24-17/h4-7,12H,8-11H2,1-3H3,(H,19,22)/t12-/m0/s1. The van der Waals surface area contributed by atoms with E-state index < -0.39 is 0 Å². The Labute approximate surface area is 141 Å². The highest BCUT2D eigenvalue weighted by Gasteiger charge is 2.15. The molecule has 128 valence electrons. The Morgan fingerprint density at radius 1 is 1.38 bits per heavy atom. The molecule has 1 aromatic heterocycles. The summed E-state index contributed by atoms with van der Waals surface area (Å²) in [7, 11) is 0. The lowest BCUT2D eigenvalue weighted by Crippen LogP contribution is -2.30. The normalized spacial score (nSPS) is 14.6. The van der Waals surface area contributed by atoms with Crippen molar-refractivity contribution in [1.29, 1.82) is 0 Å². The fourth-order valence-electron chi connectivity index (χ4n) is 2.82. The number of amides is 1. The number of rotatable bonds is 5. The van der Waals surface area contributed by atoms with Crippen LogP contribution < -0.4 is 10.1 Å². The molecular weight excluding hydrogens is 306 g/mol. The van der Waals surface area contributed by atoms with Crippen LogP contribution in [-0.4, -0.2) is 29.0 Å². The van der Waals surface area contributed by atoms with Crippen molar-refractivity contribution in [2.45, 2.75) is 33.9 Å². The molecular formula is C18H23N3O3. The summed E-state index contributed by atoms with van der Waals surface area (Å²) in [5.74, 6) is 0.996. The highest BCUT2D eigenvalue weighted by Crippen LogP contribution is 2.24. The molecule has 0 radical (unpaired) electrons. The average molecular weight is 329 g/mol. The van der Waals surface area contributed by atoms with E-state index in [0.717, 1.165) is 29.2 Å². The number of carbonyl (C=O) groups is 1. The summed E-state index contributed by atoms with van der Waals surface area (Å²) in [5, 5.41) is 7.45. The van der Waals surface area contributed by atoms with Gasteiger partial charge in [-0.2, -0.15) is 5.10 Å². The number of fused-ring (bicyclic) bond motifs is 1. The fourth-order valence-corrected chi connectivity index (χ4v) is 2.82. The number of aromatic nitrogens is 2. The van der Waals surface area contributed by atoms with E-state index in [1.807, 2.05) is 30.7 Å². The molecule has 6 nitrogen and oxygen atoms in total. The van der Waals surface area contributed by atoms with Crippen molar-refractivity contribution in [3.05, 3.63) is 46.8 Å². The molecule has 0 saturated carbocycles. The van der Waals surface area contributed by atoms with Gasteiger partial charge in [-0.15, -0.1) is 0 Å². The molecule has 3 rings (SSSR count). The highest BCUT2D eigenvalue weighted by molar-refractivity contribution is 5.94. The number of hydrogen-bond acceptors (Lipinski definition) is 4. The minimum Gasteiger partial charge on any atom is -0.467 e. The lowest BCUT2D eigenvalue weighted by molar-refractivity contribution is -0.0163. The third-order valence-corrected chi connectivity index (χ3v) is 4.08. The first kappa shape index (κ1) is 16.5. The maximum absolute atomic E-state index is 12.3. The van der Waals surface area contributed by atoms with Gasteiger partial charge in [-0.25, -0.2) is 0 Å². The molecule has 0 saturated heterocycles. The van der Waals surface area contributed by atoms with Gasteiger partial charge in [0.2, 0.25) is 0 Å². The predicted molar refractivity (Wildman–Crippen MR) is 89.9 cm³/mol. The number of nitrogens with one attached hydrogen (secondary N) is 1. The zero-order chi connectivity index (χ0) is 17.1. The van der Waals surface area contributed by atoms with E-state index in [0.29, 0.717) is 18.7 Å². The van der Waals surface area contributed by atoms with E-state index >= 15 is 0 Å². The molecule has 1 aliphatic heterocycles. The second kappa shape index (κ2) is 7.05. The molecule has 0 fully saturated rings. The summed E-state index contributed by atoms with van der Waals surface area (Å²) in [6, 6.07) is 7.50. The topological polar surface area (TPSA) is 65.4 Å². The van der Waals surface area contributed by atoms with Crippen LogP contribution in [0.15, 0.2) is 24.3 Å². The molecule has 0 aliphatic carbocycles. The molecule has 2 heterocycles. The van der Waals surface area contributed by atoms with Crippen LogP contribution >= 0.6 is 0 Å². The quantitative estimate of drug-likeness (QED) is 0.915. The maximum atomic E-state index is 12.3. The maximum Gasteiger partial charge on any atom is 0.251 e. The van der Waals surface area contributed by atoms with Crippen molar-refractivity contribution < 1.29 is 14.3 Å². The van der Waals surface area contributed by atoms with Crippen LogP contribution in [0.5, 0.6) is 5.75 Å². The SMILES string of the molecule is Cc1cc(C)n(C[C@@H](C)CNC(=O)c2ccc3c(c2)COCO3)n1. The van der Waals surface area contributed by atoms with Gasteiger partial charge in [-0.1, -0.05) is 6.92 Å². The van der Waals surface area contributed by atoms with Crippen molar-refractivity contribution in [3.63, 3.8) is 0 Å². The van der Waals surface area contributed by atoms with Gasteiger partial charge in [0.15, 0.2) is 6.79 Å². The van der Waals surface area contributed by atoms with Crippen molar-refractivity contribution in [1.82, 2.24) is 15.1 Å². The lowest BCUT2D eigenvalue weighted by atomic mass is 10.1. The van der Waals surface area contributed by atoms with Gasteiger partial charge in [-0.3, -0.25) is 9.48 Å². The van der Waals surface area contributed by atoms with E-state index in [1.54, 1.807) is 6.07 Å². The molecule has 1 aliphatic rings. The third kappa shape index (κ3) is 3.76. The van der Waals surface area contributed by atoms with Gasteiger partial charge in [0.05, 0.1) is 12.3 Å². The monoisotopic (exact) mass is 329 g/mol. The lowest BCUT2D eigenvalue weighted by Gasteiger charge is -2.18. The van der Waals surface area contributed by atoms with Crippen molar-refractivity contribution in [2.75, 3.05) is 13.3 Å². The first-order valence-corrected chi connectivity index (χ1v) is 8.15. The van der Waals surface area contributed by atoms with Gasteiger partial charge in [0.1, 0.15) is 5.75 Å². The van der Waals surface area contributed by atoms with Gasteiger partial charge in [0, 0.05) is 29.9 Å². The largest absolute Gasteiger partial charge is 0.467 e. The Hall–Kier alpha value is -2.34. The summed E-state index contributed by atoms with van der Waals surface area (Å²) in [6.45, 7) is 8.26. The summed E-state index contributed by atoms with van der Waals surface area (Å²) in [5.41, 5.74) is 3.69. The molecule has 1 amide bonds. The first-order chi connectivity index (χ1) is 11.5. The van der Waals surface area contributed by atoms with Crippen LogP contribution in [0.25, 0.3) is 0 Å². The van der Waals surface area contributed by atoms with E-state index in [4.69, 9.17) is 9.47 Å². The summed E-state index contributed by atoms with van der Waals surface area (Å²) in [6.07, 6.45) is 0. The molecule has 2 aromatic rings. The van der Waals surface area contributed by atoms with Gasteiger partial charge in [-0.05, 0) is 44.0 Å². The summed E-state index contributed by atoms with van der Waals surface area (Å²) in [4.78, 5) is 12.3. The Balaban J connectivity index is 1.56. The average Bonchev–Trinajstić information content (AvgIpc) is 2.89. The van der Waals surface area contributed by atoms with Crippen LogP contribution in [0, 0.1) is 19.8 Å². The number of nitrogens with zero attached hydrogens (tertiary/aromatic N) is 2. The molecule has 6 heteroatoms. The van der Waals surface area contributed by atoms with Crippen molar-refractivity contribution in [3.8, 4) is 5.75 Å². The number of hydrogen-bond donors (Lipinski definition) is 1. The van der Waals surface area contributed by atoms with E-state index in [1.165, 1.54) is 0 Å². The fraction of sp³-hybridized carbons (Fsp3) is 0.444. The molecule has 0 bridgehead atoms. The second-order valence-corrected chi connectivity index (χ2v) is 6.36. The highest BCUT2D eigenvalue weighted by atomic mass is 16.7. The van der Waals surface area contributed by atoms with E-state index in [2.05, 4.69) is 23.4 Å². The van der Waals surface area contributed by atoms with E-state index in [9.17, 15) is 4.79 Å². The summed E-state index contributed by atoms with van der Waals surface area (Å²) >= 11 is 0. The number of aryl methyl sites for hydroxylation is 2. The zero-order valence-electron chi connectivity index (χ0n) is 14.3. The predicted octanol–water partition coefficient (Wildman–Crippen LogP) is 2.43. The smallest absolute Gasteiger partial charge is 0.251 e. The number of benzene rings is 1. The first-order valence-electron chi connectivity index (χ1n) is 8.15. The number of ether oxygens (including phenoxy) is 2. The van der Waals surface area contributed by atoms with Crippen LogP contribution in [0.2, 0.25) is 0 Å². The Morgan fingerprint density at radius 2 is 2.21 bits per heavy atom. The van der Waals surface area contributed by atoms with Crippen LogP contribution in [0.1, 0.15) is 34.2 Å². The Kier molecular flexibility index (Phi) is 4.85. The van der Waals surface area contributed by atoms with Crippen LogP contribution in [0.4, 0.5) is 0 Å². The van der Waals surface area contributed by atoms with Gasteiger partial charge < -0.3 is 14.8 Å². The molecule has 1 aromatic carbocycles. The molecule has 24 heavy (non-hydrogen) atoms.